The first kappa shape index (κ1) is 13.6. The summed E-state index contributed by atoms with van der Waals surface area (Å²) in [7, 11) is 0. The Balaban J connectivity index is 1.84. The molecule has 0 aliphatic heterocycles. The molecule has 1 aromatic rings. The molecule has 1 aromatic carbocycles. The predicted molar refractivity (Wildman–Crippen MR) is 69.6 cm³/mol. The molecule has 0 N–H and O–H groups in total. The Labute approximate surface area is 112 Å². The SMILES string of the molecule is CC(C)(C)OC(=O)C1CC1OC(=O)c1ccccc1. The first-order valence-corrected chi connectivity index (χ1v) is 6.36. The fourth-order valence-corrected chi connectivity index (χ4v) is 1.71. The first-order chi connectivity index (χ1) is 8.87. The lowest BCUT2D eigenvalue weighted by Gasteiger charge is -2.19. The van der Waals surface area contributed by atoms with Gasteiger partial charge in [0.2, 0.25) is 0 Å². The Morgan fingerprint density at radius 1 is 1.16 bits per heavy atom. The molecule has 1 aliphatic rings. The summed E-state index contributed by atoms with van der Waals surface area (Å²) in [4.78, 5) is 23.5. The van der Waals surface area contributed by atoms with Crippen LogP contribution in [0.5, 0.6) is 0 Å². The Morgan fingerprint density at radius 3 is 2.37 bits per heavy atom. The van der Waals surface area contributed by atoms with Crippen molar-refractivity contribution in [3.63, 3.8) is 0 Å². The largest absolute Gasteiger partial charge is 0.460 e. The molecular formula is C15H18O4. The van der Waals surface area contributed by atoms with Crippen molar-refractivity contribution >= 4 is 11.9 Å². The Hall–Kier alpha value is -1.84. The summed E-state index contributed by atoms with van der Waals surface area (Å²) in [5, 5.41) is 0. The summed E-state index contributed by atoms with van der Waals surface area (Å²) in [5.41, 5.74) is -0.00875. The van der Waals surface area contributed by atoms with Gasteiger partial charge < -0.3 is 9.47 Å². The number of rotatable bonds is 3. The standard InChI is InChI=1S/C15H18O4/c1-15(2,3)19-14(17)11-9-12(11)18-13(16)10-7-5-4-6-8-10/h4-8,11-12H,9H2,1-3H3. The van der Waals surface area contributed by atoms with Gasteiger partial charge in [0.05, 0.1) is 11.5 Å². The van der Waals surface area contributed by atoms with Crippen LogP contribution in [0.4, 0.5) is 0 Å². The molecule has 1 fully saturated rings. The quantitative estimate of drug-likeness (QED) is 0.786. The van der Waals surface area contributed by atoms with Gasteiger partial charge in [0.15, 0.2) is 0 Å². The maximum absolute atomic E-state index is 11.8. The molecule has 102 valence electrons. The molecule has 0 spiro atoms. The van der Waals surface area contributed by atoms with Crippen molar-refractivity contribution in [1.82, 2.24) is 0 Å². The highest BCUT2D eigenvalue weighted by Gasteiger charge is 2.48. The van der Waals surface area contributed by atoms with Crippen molar-refractivity contribution in [2.45, 2.75) is 38.9 Å². The van der Waals surface area contributed by atoms with Gasteiger partial charge in [-0.2, -0.15) is 0 Å². The van der Waals surface area contributed by atoms with Gasteiger partial charge >= 0.3 is 11.9 Å². The highest BCUT2D eigenvalue weighted by molar-refractivity contribution is 5.90. The van der Waals surface area contributed by atoms with Crippen LogP contribution in [0.25, 0.3) is 0 Å². The van der Waals surface area contributed by atoms with E-state index in [1.807, 2.05) is 26.8 Å². The van der Waals surface area contributed by atoms with Crippen molar-refractivity contribution in [2.24, 2.45) is 5.92 Å². The van der Waals surface area contributed by atoms with Gasteiger partial charge in [-0.25, -0.2) is 4.79 Å². The summed E-state index contributed by atoms with van der Waals surface area (Å²) in [6.45, 7) is 5.45. The lowest BCUT2D eigenvalue weighted by atomic mass is 10.2. The highest BCUT2D eigenvalue weighted by atomic mass is 16.6. The Kier molecular flexibility index (Phi) is 3.60. The van der Waals surface area contributed by atoms with Crippen molar-refractivity contribution in [1.29, 1.82) is 0 Å². The third-order valence-electron chi connectivity index (χ3n) is 2.71. The molecule has 1 saturated carbocycles. The lowest BCUT2D eigenvalue weighted by Crippen LogP contribution is -2.26. The summed E-state index contributed by atoms with van der Waals surface area (Å²) in [6, 6.07) is 8.75. The van der Waals surface area contributed by atoms with Crippen LogP contribution < -0.4 is 0 Å². The molecule has 0 saturated heterocycles. The zero-order valence-electron chi connectivity index (χ0n) is 11.4. The molecule has 0 heterocycles. The van der Waals surface area contributed by atoms with Crippen LogP contribution in [-0.2, 0) is 14.3 Å². The number of ether oxygens (including phenoxy) is 2. The van der Waals surface area contributed by atoms with E-state index in [1.54, 1.807) is 24.3 Å². The van der Waals surface area contributed by atoms with Crippen LogP contribution >= 0.6 is 0 Å². The second-order valence-corrected chi connectivity index (χ2v) is 5.69. The van der Waals surface area contributed by atoms with E-state index in [2.05, 4.69) is 0 Å². The van der Waals surface area contributed by atoms with Crippen molar-refractivity contribution in [3.8, 4) is 0 Å². The van der Waals surface area contributed by atoms with E-state index in [4.69, 9.17) is 9.47 Å². The topological polar surface area (TPSA) is 52.6 Å². The highest BCUT2D eigenvalue weighted by Crippen LogP contribution is 2.36. The summed E-state index contributed by atoms with van der Waals surface area (Å²) in [5.74, 6) is -0.998. The van der Waals surface area contributed by atoms with E-state index in [-0.39, 0.29) is 18.0 Å². The third-order valence-corrected chi connectivity index (χ3v) is 2.71. The zero-order chi connectivity index (χ0) is 14.0. The normalized spacial score (nSPS) is 21.6. The van der Waals surface area contributed by atoms with Gasteiger partial charge in [-0.1, -0.05) is 18.2 Å². The Bertz CT molecular complexity index is 473. The third kappa shape index (κ3) is 3.81. The van der Waals surface area contributed by atoms with Crippen LogP contribution in [0.3, 0.4) is 0 Å². The minimum atomic E-state index is -0.506. The molecule has 0 bridgehead atoms. The molecule has 4 heteroatoms. The smallest absolute Gasteiger partial charge is 0.338 e. The minimum Gasteiger partial charge on any atom is -0.460 e. The molecular weight excluding hydrogens is 244 g/mol. The molecule has 0 amide bonds. The summed E-state index contributed by atoms with van der Waals surface area (Å²) in [6.07, 6.45) is 0.204. The van der Waals surface area contributed by atoms with Crippen LogP contribution in [0.15, 0.2) is 30.3 Å². The summed E-state index contributed by atoms with van der Waals surface area (Å²) < 4.78 is 10.5. The van der Waals surface area contributed by atoms with Crippen molar-refractivity contribution < 1.29 is 19.1 Å². The van der Waals surface area contributed by atoms with E-state index in [0.29, 0.717) is 12.0 Å². The molecule has 2 atom stereocenters. The number of esters is 2. The van der Waals surface area contributed by atoms with Gasteiger partial charge in [-0.3, -0.25) is 4.79 Å². The first-order valence-electron chi connectivity index (χ1n) is 6.36. The van der Waals surface area contributed by atoms with E-state index in [0.717, 1.165) is 0 Å². The zero-order valence-corrected chi connectivity index (χ0v) is 11.4. The van der Waals surface area contributed by atoms with E-state index in [1.165, 1.54) is 0 Å². The number of hydrogen-bond acceptors (Lipinski definition) is 4. The maximum Gasteiger partial charge on any atom is 0.338 e. The van der Waals surface area contributed by atoms with Crippen LogP contribution in [0, 0.1) is 5.92 Å². The second kappa shape index (κ2) is 5.03. The average molecular weight is 262 g/mol. The number of carbonyl (C=O) groups excluding carboxylic acids is 2. The molecule has 2 unspecified atom stereocenters. The molecule has 0 radical (unpaired) electrons. The molecule has 19 heavy (non-hydrogen) atoms. The molecule has 1 aliphatic carbocycles. The van der Waals surface area contributed by atoms with E-state index in [9.17, 15) is 9.59 Å². The van der Waals surface area contributed by atoms with E-state index < -0.39 is 11.6 Å². The van der Waals surface area contributed by atoms with Crippen molar-refractivity contribution in [3.05, 3.63) is 35.9 Å². The van der Waals surface area contributed by atoms with Gasteiger partial charge in [0.1, 0.15) is 11.7 Å². The van der Waals surface area contributed by atoms with Gasteiger partial charge in [0, 0.05) is 6.42 Å². The van der Waals surface area contributed by atoms with Gasteiger partial charge in [-0.15, -0.1) is 0 Å². The van der Waals surface area contributed by atoms with Gasteiger partial charge in [0.25, 0.3) is 0 Å². The van der Waals surface area contributed by atoms with E-state index >= 15 is 0 Å². The lowest BCUT2D eigenvalue weighted by molar-refractivity contribution is -0.157. The number of benzene rings is 1. The monoisotopic (exact) mass is 262 g/mol. The molecule has 4 nitrogen and oxygen atoms in total. The predicted octanol–water partition coefficient (Wildman–Crippen LogP) is 2.57. The maximum atomic E-state index is 11.8. The number of hydrogen-bond donors (Lipinski definition) is 0. The Morgan fingerprint density at radius 2 is 1.79 bits per heavy atom. The van der Waals surface area contributed by atoms with Crippen LogP contribution in [0.1, 0.15) is 37.6 Å². The summed E-state index contributed by atoms with van der Waals surface area (Å²) >= 11 is 0. The molecule has 0 aromatic heterocycles. The minimum absolute atomic E-state index is 0.293. The second-order valence-electron chi connectivity index (χ2n) is 5.69. The fraction of sp³-hybridized carbons (Fsp3) is 0.467. The van der Waals surface area contributed by atoms with Crippen molar-refractivity contribution in [2.75, 3.05) is 0 Å². The van der Waals surface area contributed by atoms with Gasteiger partial charge in [-0.05, 0) is 32.9 Å². The average Bonchev–Trinajstić information content (AvgIpc) is 3.07. The van der Waals surface area contributed by atoms with Crippen LogP contribution in [0.2, 0.25) is 0 Å². The fourth-order valence-electron chi connectivity index (χ4n) is 1.71. The number of carbonyl (C=O) groups is 2. The van der Waals surface area contributed by atoms with Crippen LogP contribution in [-0.4, -0.2) is 23.6 Å². The molecule has 2 rings (SSSR count).